The molecule has 0 spiro atoms. The number of aliphatic hydroxyl groups excluding tert-OH is 3. The Morgan fingerprint density at radius 3 is 2.65 bits per heavy atom. The van der Waals surface area contributed by atoms with Gasteiger partial charge in [-0.15, -0.1) is 0 Å². The molecule has 9 nitrogen and oxygen atoms in total. The van der Waals surface area contributed by atoms with Gasteiger partial charge >= 0.3 is 0 Å². The lowest BCUT2D eigenvalue weighted by Gasteiger charge is -2.17. The van der Waals surface area contributed by atoms with Crippen LogP contribution in [0.2, 0.25) is 0 Å². The highest BCUT2D eigenvalue weighted by atomic mass is 16.6. The Kier molecular flexibility index (Phi) is 2.98. The number of rotatable bonds is 2. The van der Waals surface area contributed by atoms with E-state index in [1.165, 1.54) is 17.1 Å². The summed E-state index contributed by atoms with van der Waals surface area (Å²) >= 11 is 0. The maximum Gasteiger partial charge on any atom is 0.164 e. The molecule has 1 saturated heterocycles. The molecule has 1 aliphatic heterocycles. The second kappa shape index (κ2) is 4.56. The Morgan fingerprint density at radius 1 is 1.25 bits per heavy atom. The van der Waals surface area contributed by atoms with Gasteiger partial charge in [0.2, 0.25) is 0 Å². The third-order valence-corrected chi connectivity index (χ3v) is 3.46. The highest BCUT2D eigenvalue weighted by molar-refractivity contribution is 5.97. The first-order chi connectivity index (χ1) is 9.54. The zero-order valence-electron chi connectivity index (χ0n) is 10.4. The number of anilines is 2. The van der Waals surface area contributed by atoms with Gasteiger partial charge in [-0.1, -0.05) is 0 Å². The molecule has 7 N–H and O–H groups in total. The lowest BCUT2D eigenvalue weighted by atomic mass is 10.1. The van der Waals surface area contributed by atoms with Gasteiger partial charge in [0.15, 0.2) is 6.23 Å². The summed E-state index contributed by atoms with van der Waals surface area (Å²) in [6.07, 6.45) is -1.39. The van der Waals surface area contributed by atoms with Crippen LogP contribution in [0.25, 0.3) is 11.0 Å². The van der Waals surface area contributed by atoms with Crippen molar-refractivity contribution in [2.45, 2.75) is 24.5 Å². The first kappa shape index (κ1) is 13.1. The van der Waals surface area contributed by atoms with Gasteiger partial charge in [-0.25, -0.2) is 9.97 Å². The van der Waals surface area contributed by atoms with E-state index in [0.717, 1.165) is 0 Å². The number of fused-ring (bicyclic) bond motifs is 1. The summed E-state index contributed by atoms with van der Waals surface area (Å²) in [7, 11) is 0. The number of aromatic nitrogens is 3. The van der Waals surface area contributed by atoms with Crippen LogP contribution in [0.4, 0.5) is 11.5 Å². The van der Waals surface area contributed by atoms with Crippen LogP contribution in [0.3, 0.4) is 0 Å². The molecule has 3 heterocycles. The van der Waals surface area contributed by atoms with E-state index < -0.39 is 31.1 Å². The molecule has 2 aromatic heterocycles. The number of hydrogen-bond acceptors (Lipinski definition) is 8. The average molecular weight is 281 g/mol. The normalized spacial score (nSPS) is 30.1. The third-order valence-electron chi connectivity index (χ3n) is 3.46. The van der Waals surface area contributed by atoms with Gasteiger partial charge in [0.25, 0.3) is 0 Å². The third kappa shape index (κ3) is 1.72. The van der Waals surface area contributed by atoms with Crippen molar-refractivity contribution in [1.29, 1.82) is 0 Å². The fourth-order valence-corrected chi connectivity index (χ4v) is 2.44. The molecule has 4 atom stereocenters. The smallest absolute Gasteiger partial charge is 0.164 e. The summed E-state index contributed by atoms with van der Waals surface area (Å²) in [5.41, 5.74) is 12.3. The number of nitrogens with zero attached hydrogens (tertiary/aromatic N) is 3. The van der Waals surface area contributed by atoms with Gasteiger partial charge in [0, 0.05) is 6.20 Å². The summed E-state index contributed by atoms with van der Waals surface area (Å²) in [6, 6.07) is 0. The van der Waals surface area contributed by atoms with Crippen molar-refractivity contribution in [3.05, 3.63) is 12.5 Å². The van der Waals surface area contributed by atoms with Crippen LogP contribution in [0, 0.1) is 0 Å². The zero-order chi connectivity index (χ0) is 14.4. The Labute approximate surface area is 113 Å². The van der Waals surface area contributed by atoms with Crippen molar-refractivity contribution in [1.82, 2.24) is 14.5 Å². The van der Waals surface area contributed by atoms with Crippen molar-refractivity contribution in [2.75, 3.05) is 18.1 Å². The molecule has 0 radical (unpaired) electrons. The van der Waals surface area contributed by atoms with Crippen LogP contribution in [0.15, 0.2) is 12.5 Å². The van der Waals surface area contributed by atoms with Crippen LogP contribution < -0.4 is 11.5 Å². The van der Waals surface area contributed by atoms with E-state index in [4.69, 9.17) is 21.3 Å². The minimum Gasteiger partial charge on any atom is -0.397 e. The molecular weight excluding hydrogens is 266 g/mol. The van der Waals surface area contributed by atoms with E-state index in [1.54, 1.807) is 0 Å². The summed E-state index contributed by atoms with van der Waals surface area (Å²) in [6.45, 7) is -0.402. The maximum absolute atomic E-state index is 10.0. The monoisotopic (exact) mass is 281 g/mol. The maximum atomic E-state index is 10.0. The number of ether oxygens (including phenoxy) is 1. The largest absolute Gasteiger partial charge is 0.397 e. The summed E-state index contributed by atoms with van der Waals surface area (Å²) in [5, 5.41) is 29.4. The molecule has 0 aliphatic carbocycles. The van der Waals surface area contributed by atoms with E-state index in [1.807, 2.05) is 0 Å². The fraction of sp³-hybridized carbons (Fsp3) is 0.455. The quantitative estimate of drug-likeness (QED) is 0.432. The molecule has 0 saturated carbocycles. The standard InChI is InChI=1S/C11H15N5O4/c12-4-1-16(10-6(4)9(13)14-3-15-10)11-8(19)7(18)5(2-17)20-11/h1,3,5,7-8,11,17-19H,2,12H2,(H2,13,14,15). The van der Waals surface area contributed by atoms with Crippen molar-refractivity contribution in [3.63, 3.8) is 0 Å². The molecule has 20 heavy (non-hydrogen) atoms. The summed E-state index contributed by atoms with van der Waals surface area (Å²) < 4.78 is 6.92. The topological polar surface area (TPSA) is 153 Å². The summed E-state index contributed by atoms with van der Waals surface area (Å²) in [5.74, 6) is 0.220. The minimum absolute atomic E-state index is 0.220. The van der Waals surface area contributed by atoms with E-state index in [9.17, 15) is 10.2 Å². The van der Waals surface area contributed by atoms with Gasteiger partial charge in [0.1, 0.15) is 36.1 Å². The van der Waals surface area contributed by atoms with Gasteiger partial charge in [-0.05, 0) is 0 Å². The number of hydrogen-bond donors (Lipinski definition) is 5. The van der Waals surface area contributed by atoms with Crippen molar-refractivity contribution >= 4 is 22.5 Å². The second-order valence-electron chi connectivity index (χ2n) is 4.68. The van der Waals surface area contributed by atoms with E-state index in [-0.39, 0.29) is 5.82 Å². The van der Waals surface area contributed by atoms with Crippen LogP contribution >= 0.6 is 0 Å². The molecule has 4 unspecified atom stereocenters. The van der Waals surface area contributed by atoms with Gasteiger partial charge in [-0.3, -0.25) is 0 Å². The van der Waals surface area contributed by atoms with Crippen molar-refractivity contribution < 1.29 is 20.1 Å². The number of aliphatic hydroxyl groups is 3. The average Bonchev–Trinajstić information content (AvgIpc) is 2.90. The predicted molar refractivity (Wildman–Crippen MR) is 69.4 cm³/mol. The highest BCUT2D eigenvalue weighted by Gasteiger charge is 2.44. The van der Waals surface area contributed by atoms with Gasteiger partial charge in [0.05, 0.1) is 17.7 Å². The minimum atomic E-state index is -1.21. The summed E-state index contributed by atoms with van der Waals surface area (Å²) in [4.78, 5) is 7.93. The molecule has 108 valence electrons. The Balaban J connectivity index is 2.10. The highest BCUT2D eigenvalue weighted by Crippen LogP contribution is 2.35. The van der Waals surface area contributed by atoms with E-state index >= 15 is 0 Å². The lowest BCUT2D eigenvalue weighted by Crippen LogP contribution is -2.33. The number of nitrogen functional groups attached to an aromatic ring is 2. The Morgan fingerprint density at radius 2 is 2.00 bits per heavy atom. The predicted octanol–water partition coefficient (Wildman–Crippen LogP) is -1.79. The Bertz CT molecular complexity index is 645. The Hall–Kier alpha value is -1.94. The molecule has 9 heteroatoms. The van der Waals surface area contributed by atoms with Crippen molar-refractivity contribution in [3.8, 4) is 0 Å². The van der Waals surface area contributed by atoms with Crippen molar-refractivity contribution in [2.24, 2.45) is 0 Å². The molecule has 1 fully saturated rings. The first-order valence-electron chi connectivity index (χ1n) is 6.03. The number of nitrogens with two attached hydrogens (primary N) is 2. The molecule has 0 bridgehead atoms. The van der Waals surface area contributed by atoms with Crippen LogP contribution in [0.5, 0.6) is 0 Å². The molecule has 3 rings (SSSR count). The van der Waals surface area contributed by atoms with Crippen LogP contribution in [-0.4, -0.2) is 54.8 Å². The SMILES string of the molecule is Nc1cn(C2OC(CO)C(O)C2O)c2ncnc(N)c12. The van der Waals surface area contributed by atoms with E-state index in [2.05, 4.69) is 9.97 Å². The molecule has 2 aromatic rings. The fourth-order valence-electron chi connectivity index (χ4n) is 2.44. The lowest BCUT2D eigenvalue weighted by molar-refractivity contribution is -0.0508. The molecule has 0 aromatic carbocycles. The molecule has 1 aliphatic rings. The van der Waals surface area contributed by atoms with Crippen LogP contribution in [0.1, 0.15) is 6.23 Å². The van der Waals surface area contributed by atoms with Crippen LogP contribution in [-0.2, 0) is 4.74 Å². The van der Waals surface area contributed by atoms with E-state index in [0.29, 0.717) is 16.7 Å². The molecular formula is C11H15N5O4. The molecule has 0 amide bonds. The zero-order valence-corrected chi connectivity index (χ0v) is 10.4. The van der Waals surface area contributed by atoms with Gasteiger partial charge in [-0.2, -0.15) is 0 Å². The second-order valence-corrected chi connectivity index (χ2v) is 4.68. The first-order valence-corrected chi connectivity index (χ1v) is 6.03. The van der Waals surface area contributed by atoms with Gasteiger partial charge < -0.3 is 36.1 Å².